The van der Waals surface area contributed by atoms with Gasteiger partial charge in [-0.1, -0.05) is 13.3 Å². The van der Waals surface area contributed by atoms with Crippen LogP contribution in [0.5, 0.6) is 0 Å². The number of hydrogen-bond acceptors (Lipinski definition) is 9. The molecule has 0 bridgehead atoms. The zero-order valence-electron chi connectivity index (χ0n) is 14.8. The van der Waals surface area contributed by atoms with Crippen molar-refractivity contribution in [3.05, 3.63) is 0 Å². The van der Waals surface area contributed by atoms with Crippen LogP contribution in [0.1, 0.15) is 26.7 Å². The Morgan fingerprint density at radius 2 is 1.92 bits per heavy atom. The van der Waals surface area contributed by atoms with Gasteiger partial charge in [0.25, 0.3) is 4.87 Å². The highest BCUT2D eigenvalue weighted by Gasteiger charge is 2.64. The van der Waals surface area contributed by atoms with Gasteiger partial charge in [0.15, 0.2) is 5.78 Å². The maximum Gasteiger partial charge on any atom is 0.412 e. The molecule has 0 aliphatic carbocycles. The van der Waals surface area contributed by atoms with E-state index in [1.54, 1.807) is 0 Å². The smallest absolute Gasteiger partial charge is 0.412 e. The Bertz CT molecular complexity index is 540. The fourth-order valence-corrected chi connectivity index (χ4v) is 3.95. The molecule has 1 saturated heterocycles. The Morgan fingerprint density at radius 1 is 1.28 bits per heavy atom. The summed E-state index contributed by atoms with van der Waals surface area (Å²) in [4.78, 5) is 48.6. The van der Waals surface area contributed by atoms with E-state index >= 15 is 0 Å². The summed E-state index contributed by atoms with van der Waals surface area (Å²) in [7, 11) is 2.24. The highest BCUT2D eigenvalue weighted by Crippen LogP contribution is 2.43. The summed E-state index contributed by atoms with van der Waals surface area (Å²) >= 11 is 0.807. The highest BCUT2D eigenvalue weighted by atomic mass is 32.2. The van der Waals surface area contributed by atoms with Gasteiger partial charge in [0.1, 0.15) is 6.04 Å². The monoisotopic (exact) mass is 376 g/mol. The molecule has 0 aromatic heterocycles. The molecule has 9 nitrogen and oxygen atoms in total. The number of amides is 1. The molecule has 25 heavy (non-hydrogen) atoms. The fraction of sp³-hybridized carbons (Fsp3) is 0.733. The molecule has 1 rings (SSSR count). The second kappa shape index (κ2) is 9.04. The van der Waals surface area contributed by atoms with E-state index in [4.69, 9.17) is 19.9 Å². The standard InChI is InChI=1S/C15H24N2O7S/c1-5-6-7-24-14(21)17-10(12(19)22-3)8-25-15(17,13(20)23-4)11(18)9(2)16/h9-10H,5-8,16H2,1-4H3/t9-,10?,15?/m0/s1. The average Bonchev–Trinajstić information content (AvgIpc) is 3.00. The first-order valence-corrected chi connectivity index (χ1v) is 8.82. The third-order valence-electron chi connectivity index (χ3n) is 3.70. The summed E-state index contributed by atoms with van der Waals surface area (Å²) in [6.07, 6.45) is 0.416. The minimum Gasteiger partial charge on any atom is -0.467 e. The van der Waals surface area contributed by atoms with Gasteiger partial charge in [-0.25, -0.2) is 14.4 Å². The molecule has 1 aliphatic rings. The third kappa shape index (κ3) is 4.06. The lowest BCUT2D eigenvalue weighted by atomic mass is 10.0. The third-order valence-corrected chi connectivity index (χ3v) is 5.17. The largest absolute Gasteiger partial charge is 0.467 e. The average molecular weight is 376 g/mol. The van der Waals surface area contributed by atoms with Crippen molar-refractivity contribution in [2.24, 2.45) is 5.73 Å². The second-order valence-corrected chi connectivity index (χ2v) is 6.69. The molecule has 142 valence electrons. The Morgan fingerprint density at radius 3 is 2.40 bits per heavy atom. The summed E-state index contributed by atoms with van der Waals surface area (Å²) in [5.74, 6) is -2.52. The van der Waals surface area contributed by atoms with E-state index in [0.29, 0.717) is 6.42 Å². The molecular formula is C15H24N2O7S. The molecule has 0 spiro atoms. The van der Waals surface area contributed by atoms with Gasteiger partial charge in [0, 0.05) is 5.75 Å². The van der Waals surface area contributed by atoms with Crippen molar-refractivity contribution in [2.45, 2.75) is 43.6 Å². The van der Waals surface area contributed by atoms with E-state index in [0.717, 1.165) is 37.3 Å². The first-order chi connectivity index (χ1) is 11.8. The van der Waals surface area contributed by atoms with Crippen molar-refractivity contribution >= 4 is 35.6 Å². The number of carbonyl (C=O) groups excluding carboxylic acids is 4. The van der Waals surface area contributed by atoms with E-state index in [9.17, 15) is 19.2 Å². The molecule has 0 aromatic rings. The van der Waals surface area contributed by atoms with Crippen LogP contribution in [0.3, 0.4) is 0 Å². The van der Waals surface area contributed by atoms with Crippen LogP contribution < -0.4 is 5.73 Å². The highest BCUT2D eigenvalue weighted by molar-refractivity contribution is 8.02. The number of nitrogens with two attached hydrogens (primary N) is 1. The van der Waals surface area contributed by atoms with Crippen molar-refractivity contribution in [2.75, 3.05) is 26.6 Å². The predicted octanol–water partition coefficient (Wildman–Crippen LogP) is 0.299. The number of unbranched alkanes of at least 4 members (excludes halogenated alkanes) is 1. The van der Waals surface area contributed by atoms with Crippen molar-refractivity contribution in [3.8, 4) is 0 Å². The fourth-order valence-electron chi connectivity index (χ4n) is 2.40. The Hall–Kier alpha value is -1.81. The van der Waals surface area contributed by atoms with Crippen LogP contribution in [0.2, 0.25) is 0 Å². The maximum atomic E-state index is 12.7. The van der Waals surface area contributed by atoms with Crippen molar-refractivity contribution in [3.63, 3.8) is 0 Å². The van der Waals surface area contributed by atoms with Crippen molar-refractivity contribution in [1.29, 1.82) is 0 Å². The number of methoxy groups -OCH3 is 2. The number of ketones is 1. The lowest BCUT2D eigenvalue weighted by Crippen LogP contribution is -2.64. The topological polar surface area (TPSA) is 125 Å². The molecule has 2 N–H and O–H groups in total. The lowest BCUT2D eigenvalue weighted by molar-refractivity contribution is -0.156. The van der Waals surface area contributed by atoms with Crippen LogP contribution in [0.4, 0.5) is 4.79 Å². The van der Waals surface area contributed by atoms with E-state index in [-0.39, 0.29) is 12.4 Å². The summed E-state index contributed by atoms with van der Waals surface area (Å²) in [5.41, 5.74) is 5.67. The Kier molecular flexibility index (Phi) is 7.68. The number of esters is 2. The number of nitrogens with zero attached hydrogens (tertiary/aromatic N) is 1. The summed E-state index contributed by atoms with van der Waals surface area (Å²) in [6, 6.07) is -2.22. The van der Waals surface area contributed by atoms with Gasteiger partial charge in [0.2, 0.25) is 0 Å². The van der Waals surface area contributed by atoms with E-state index < -0.39 is 40.8 Å². The molecule has 0 saturated carbocycles. The molecule has 1 aliphatic heterocycles. The van der Waals surface area contributed by atoms with Gasteiger partial charge in [-0.3, -0.25) is 9.69 Å². The molecule has 10 heteroatoms. The van der Waals surface area contributed by atoms with Crippen LogP contribution in [0.25, 0.3) is 0 Å². The van der Waals surface area contributed by atoms with Gasteiger partial charge in [0.05, 0.1) is 26.9 Å². The number of Topliss-reactive ketones (excluding diaryl/α,β-unsaturated/α-hetero) is 1. The van der Waals surface area contributed by atoms with E-state index in [1.165, 1.54) is 6.92 Å². The zero-order valence-corrected chi connectivity index (χ0v) is 15.6. The number of rotatable bonds is 7. The van der Waals surface area contributed by atoms with Crippen LogP contribution in [-0.4, -0.2) is 72.2 Å². The quantitative estimate of drug-likeness (QED) is 0.289. The molecule has 2 unspecified atom stereocenters. The SMILES string of the molecule is CCCCOC(=O)N1C(C(=O)OC)CSC1(C(=O)OC)C(=O)[C@H](C)N. The van der Waals surface area contributed by atoms with E-state index in [2.05, 4.69) is 0 Å². The summed E-state index contributed by atoms with van der Waals surface area (Å²) in [5, 5.41) is 0. The molecule has 0 aromatic carbocycles. The molecule has 1 heterocycles. The second-order valence-electron chi connectivity index (χ2n) is 5.48. The molecule has 3 atom stereocenters. The summed E-state index contributed by atoms with van der Waals surface area (Å²) in [6.45, 7) is 3.39. The summed E-state index contributed by atoms with van der Waals surface area (Å²) < 4.78 is 14.6. The van der Waals surface area contributed by atoms with Crippen LogP contribution in [0.15, 0.2) is 0 Å². The molecular weight excluding hydrogens is 352 g/mol. The Labute approximate surface area is 150 Å². The van der Waals surface area contributed by atoms with Gasteiger partial charge in [-0.15, -0.1) is 11.8 Å². The van der Waals surface area contributed by atoms with Gasteiger partial charge >= 0.3 is 18.0 Å². The minimum atomic E-state index is -2.08. The Balaban J connectivity index is 3.35. The van der Waals surface area contributed by atoms with E-state index in [1.807, 2.05) is 6.92 Å². The lowest BCUT2D eigenvalue weighted by Gasteiger charge is -2.35. The number of ether oxygens (including phenoxy) is 3. The van der Waals surface area contributed by atoms with Crippen LogP contribution in [0, 0.1) is 0 Å². The number of thioether (sulfide) groups is 1. The van der Waals surface area contributed by atoms with Gasteiger partial charge in [-0.2, -0.15) is 0 Å². The van der Waals surface area contributed by atoms with Gasteiger partial charge < -0.3 is 19.9 Å². The minimum absolute atomic E-state index is 0.0247. The normalized spacial score (nSPS) is 23.7. The number of hydrogen-bond donors (Lipinski definition) is 1. The van der Waals surface area contributed by atoms with Gasteiger partial charge in [-0.05, 0) is 13.3 Å². The maximum absolute atomic E-state index is 12.7. The first kappa shape index (κ1) is 21.2. The predicted molar refractivity (Wildman–Crippen MR) is 89.8 cm³/mol. The van der Waals surface area contributed by atoms with Crippen LogP contribution >= 0.6 is 11.8 Å². The number of carbonyl (C=O) groups is 4. The van der Waals surface area contributed by atoms with Crippen molar-refractivity contribution < 1.29 is 33.4 Å². The molecule has 0 radical (unpaired) electrons. The van der Waals surface area contributed by atoms with Crippen molar-refractivity contribution in [1.82, 2.24) is 4.90 Å². The molecule has 1 fully saturated rings. The van der Waals surface area contributed by atoms with Crippen LogP contribution in [-0.2, 0) is 28.6 Å². The molecule has 1 amide bonds. The first-order valence-electron chi connectivity index (χ1n) is 7.84. The zero-order chi connectivity index (χ0) is 19.2.